The monoisotopic (exact) mass is 217 g/mol. The van der Waals surface area contributed by atoms with Gasteiger partial charge in [-0.25, -0.2) is 4.18 Å². The number of hydrogen-bond donors (Lipinski definition) is 2. The SMILES string of the molecule is CC(N)(OS(=O)(=O)O)c1ccccc1. The Kier molecular flexibility index (Phi) is 2.91. The van der Waals surface area contributed by atoms with Crippen LogP contribution >= 0.6 is 0 Å². The summed E-state index contributed by atoms with van der Waals surface area (Å²) in [6, 6.07) is 8.34. The second kappa shape index (κ2) is 3.66. The summed E-state index contributed by atoms with van der Waals surface area (Å²) in [5.41, 5.74) is 4.46. The molecule has 1 atom stereocenters. The Hall–Kier alpha value is -0.950. The maximum atomic E-state index is 10.5. The molecule has 14 heavy (non-hydrogen) atoms. The highest BCUT2D eigenvalue weighted by molar-refractivity contribution is 7.80. The van der Waals surface area contributed by atoms with E-state index in [1.54, 1.807) is 30.3 Å². The maximum Gasteiger partial charge on any atom is 0.399 e. The van der Waals surface area contributed by atoms with Gasteiger partial charge in [-0.3, -0.25) is 10.3 Å². The fraction of sp³-hybridized carbons (Fsp3) is 0.250. The zero-order chi connectivity index (χ0) is 10.8. The van der Waals surface area contributed by atoms with E-state index in [2.05, 4.69) is 4.18 Å². The molecule has 5 nitrogen and oxygen atoms in total. The third kappa shape index (κ3) is 3.08. The van der Waals surface area contributed by atoms with E-state index in [4.69, 9.17) is 10.3 Å². The lowest BCUT2D eigenvalue weighted by atomic mass is 10.1. The van der Waals surface area contributed by atoms with E-state index < -0.39 is 16.1 Å². The number of benzene rings is 1. The van der Waals surface area contributed by atoms with Gasteiger partial charge in [-0.05, 0) is 12.5 Å². The predicted molar refractivity (Wildman–Crippen MR) is 50.6 cm³/mol. The van der Waals surface area contributed by atoms with Crippen LogP contribution in [-0.2, 0) is 20.3 Å². The molecule has 0 aliphatic heterocycles. The molecule has 78 valence electrons. The van der Waals surface area contributed by atoms with E-state index in [1.165, 1.54) is 6.92 Å². The minimum absolute atomic E-state index is 0.456. The Balaban J connectivity index is 2.97. The third-order valence-corrected chi connectivity index (χ3v) is 2.18. The minimum atomic E-state index is -4.55. The Morgan fingerprint density at radius 1 is 1.36 bits per heavy atom. The molecule has 1 aromatic carbocycles. The van der Waals surface area contributed by atoms with Crippen LogP contribution in [0.2, 0.25) is 0 Å². The summed E-state index contributed by atoms with van der Waals surface area (Å²) in [6.45, 7) is 1.34. The average Bonchev–Trinajstić information content (AvgIpc) is 2.01. The van der Waals surface area contributed by atoms with Crippen molar-refractivity contribution >= 4 is 10.4 Å². The summed E-state index contributed by atoms with van der Waals surface area (Å²) in [4.78, 5) is 0. The molecular weight excluding hydrogens is 206 g/mol. The van der Waals surface area contributed by atoms with E-state index in [0.29, 0.717) is 5.56 Å². The molecule has 6 heteroatoms. The number of rotatable bonds is 3. The van der Waals surface area contributed by atoms with Gasteiger partial charge in [0.15, 0.2) is 5.72 Å². The average molecular weight is 217 g/mol. The number of hydrogen-bond acceptors (Lipinski definition) is 4. The van der Waals surface area contributed by atoms with Crippen LogP contribution in [0.5, 0.6) is 0 Å². The zero-order valence-electron chi connectivity index (χ0n) is 7.54. The molecule has 0 bridgehead atoms. The summed E-state index contributed by atoms with van der Waals surface area (Å²) in [6.07, 6.45) is 0. The maximum absolute atomic E-state index is 10.5. The fourth-order valence-corrected chi connectivity index (χ4v) is 1.57. The Morgan fingerprint density at radius 2 is 1.86 bits per heavy atom. The molecule has 1 unspecified atom stereocenters. The van der Waals surface area contributed by atoms with Crippen molar-refractivity contribution in [2.75, 3.05) is 0 Å². The Labute approximate surface area is 82.5 Å². The van der Waals surface area contributed by atoms with Crippen LogP contribution in [0.15, 0.2) is 30.3 Å². The van der Waals surface area contributed by atoms with Crippen LogP contribution < -0.4 is 5.73 Å². The first-order valence-corrected chi connectivity index (χ1v) is 5.20. The zero-order valence-corrected chi connectivity index (χ0v) is 8.36. The molecule has 1 rings (SSSR count). The van der Waals surface area contributed by atoms with Crippen molar-refractivity contribution in [3.8, 4) is 0 Å². The summed E-state index contributed by atoms with van der Waals surface area (Å²) >= 11 is 0. The van der Waals surface area contributed by atoms with E-state index in [-0.39, 0.29) is 0 Å². The molecular formula is C8H11NO4S. The van der Waals surface area contributed by atoms with Crippen LogP contribution in [-0.4, -0.2) is 13.0 Å². The van der Waals surface area contributed by atoms with Gasteiger partial charge in [-0.1, -0.05) is 30.3 Å². The molecule has 0 radical (unpaired) electrons. The van der Waals surface area contributed by atoms with E-state index >= 15 is 0 Å². The summed E-state index contributed by atoms with van der Waals surface area (Å²) in [7, 11) is -4.55. The third-order valence-electron chi connectivity index (χ3n) is 1.63. The summed E-state index contributed by atoms with van der Waals surface area (Å²) in [5, 5.41) is 0. The Bertz CT molecular complexity index is 399. The molecule has 3 N–H and O–H groups in total. The highest BCUT2D eigenvalue weighted by atomic mass is 32.3. The van der Waals surface area contributed by atoms with Gasteiger partial charge in [0.25, 0.3) is 0 Å². The van der Waals surface area contributed by atoms with Gasteiger partial charge in [-0.15, -0.1) is 0 Å². The molecule has 0 amide bonds. The Morgan fingerprint density at radius 3 is 2.29 bits per heavy atom. The molecule has 0 aliphatic rings. The van der Waals surface area contributed by atoms with Crippen LogP contribution in [0.1, 0.15) is 12.5 Å². The van der Waals surface area contributed by atoms with Gasteiger partial charge in [0.05, 0.1) is 0 Å². The van der Waals surface area contributed by atoms with Gasteiger partial charge in [0, 0.05) is 0 Å². The second-order valence-corrected chi connectivity index (χ2v) is 4.01. The number of nitrogens with two attached hydrogens (primary N) is 1. The standard InChI is InChI=1S/C8H11NO4S/c1-8(9,13-14(10,11)12)7-5-3-2-4-6-7/h2-6H,9H2,1H3,(H,10,11,12). The van der Waals surface area contributed by atoms with Crippen molar-refractivity contribution in [2.45, 2.75) is 12.6 Å². The topological polar surface area (TPSA) is 89.6 Å². The highest BCUT2D eigenvalue weighted by Gasteiger charge is 2.27. The lowest BCUT2D eigenvalue weighted by Gasteiger charge is -2.22. The van der Waals surface area contributed by atoms with Gasteiger partial charge < -0.3 is 0 Å². The second-order valence-electron chi connectivity index (χ2n) is 2.98. The smallest absolute Gasteiger partial charge is 0.299 e. The van der Waals surface area contributed by atoms with E-state index in [1.807, 2.05) is 0 Å². The van der Waals surface area contributed by atoms with Crippen LogP contribution in [0.25, 0.3) is 0 Å². The lowest BCUT2D eigenvalue weighted by molar-refractivity contribution is 0.0858. The predicted octanol–water partition coefficient (Wildman–Crippen LogP) is 0.637. The summed E-state index contributed by atoms with van der Waals surface area (Å²) in [5.74, 6) is 0. The normalized spacial score (nSPS) is 16.2. The van der Waals surface area contributed by atoms with Crippen molar-refractivity contribution in [3.63, 3.8) is 0 Å². The van der Waals surface area contributed by atoms with Gasteiger partial charge in [0.1, 0.15) is 0 Å². The van der Waals surface area contributed by atoms with Crippen LogP contribution in [0.3, 0.4) is 0 Å². The molecule has 0 saturated heterocycles. The fourth-order valence-electron chi connectivity index (χ4n) is 1.04. The first-order chi connectivity index (χ1) is 6.31. The first-order valence-electron chi connectivity index (χ1n) is 3.84. The van der Waals surface area contributed by atoms with Crippen molar-refractivity contribution in [3.05, 3.63) is 35.9 Å². The van der Waals surface area contributed by atoms with Gasteiger partial charge >= 0.3 is 10.4 Å². The van der Waals surface area contributed by atoms with Gasteiger partial charge in [-0.2, -0.15) is 8.42 Å². The molecule has 0 spiro atoms. The highest BCUT2D eigenvalue weighted by Crippen LogP contribution is 2.20. The van der Waals surface area contributed by atoms with Crippen molar-refractivity contribution < 1.29 is 17.2 Å². The molecule has 0 heterocycles. The molecule has 1 aromatic rings. The molecule has 0 fully saturated rings. The van der Waals surface area contributed by atoms with Crippen molar-refractivity contribution in [1.29, 1.82) is 0 Å². The lowest BCUT2D eigenvalue weighted by Crippen LogP contribution is -2.38. The van der Waals surface area contributed by atoms with Crippen LogP contribution in [0.4, 0.5) is 0 Å². The largest absolute Gasteiger partial charge is 0.399 e. The molecule has 0 saturated carbocycles. The quantitative estimate of drug-likeness (QED) is 0.572. The molecule has 0 aromatic heterocycles. The summed E-state index contributed by atoms with van der Waals surface area (Å²) < 4.78 is 33.7. The van der Waals surface area contributed by atoms with E-state index in [0.717, 1.165) is 0 Å². The molecule has 0 aliphatic carbocycles. The van der Waals surface area contributed by atoms with Crippen molar-refractivity contribution in [1.82, 2.24) is 0 Å². The van der Waals surface area contributed by atoms with E-state index in [9.17, 15) is 8.42 Å². The van der Waals surface area contributed by atoms with Gasteiger partial charge in [0.2, 0.25) is 0 Å². The minimum Gasteiger partial charge on any atom is -0.299 e. The van der Waals surface area contributed by atoms with Crippen LogP contribution in [0, 0.1) is 0 Å². The first kappa shape index (κ1) is 11.1. The van der Waals surface area contributed by atoms with Crippen molar-refractivity contribution in [2.24, 2.45) is 5.73 Å².